The first kappa shape index (κ1) is 18.6. The standard InChI is InChI=1S/C23H21N3O3/c1-28-21-12-15(10-11-18(21)23(27)29-2)14-24-17-7-5-6-16(13-17)22-25-19-8-3-4-9-20(19)26-22/h3-13,24H,14H2,1-2H3,(H,25,26). The number of imidazole rings is 1. The lowest BCUT2D eigenvalue weighted by molar-refractivity contribution is 0.0597. The van der Waals surface area contributed by atoms with Gasteiger partial charge in [-0.2, -0.15) is 0 Å². The first-order valence-corrected chi connectivity index (χ1v) is 9.22. The van der Waals surface area contributed by atoms with Gasteiger partial charge in [0.2, 0.25) is 0 Å². The molecule has 0 saturated carbocycles. The molecule has 0 amide bonds. The minimum Gasteiger partial charge on any atom is -0.496 e. The van der Waals surface area contributed by atoms with Crippen molar-refractivity contribution in [2.24, 2.45) is 0 Å². The molecule has 0 radical (unpaired) electrons. The van der Waals surface area contributed by atoms with E-state index >= 15 is 0 Å². The van der Waals surface area contributed by atoms with Crippen LogP contribution in [0.3, 0.4) is 0 Å². The number of nitrogens with zero attached hydrogens (tertiary/aromatic N) is 1. The molecule has 0 atom stereocenters. The van der Waals surface area contributed by atoms with Crippen molar-refractivity contribution in [3.8, 4) is 17.1 Å². The molecular formula is C23H21N3O3. The van der Waals surface area contributed by atoms with Crippen LogP contribution in [-0.2, 0) is 11.3 Å². The van der Waals surface area contributed by atoms with E-state index in [1.807, 2.05) is 54.6 Å². The third-order valence-corrected chi connectivity index (χ3v) is 4.69. The van der Waals surface area contributed by atoms with Crippen molar-refractivity contribution in [1.82, 2.24) is 9.97 Å². The van der Waals surface area contributed by atoms with Crippen molar-refractivity contribution in [2.45, 2.75) is 6.54 Å². The zero-order valence-corrected chi connectivity index (χ0v) is 16.2. The molecule has 4 aromatic rings. The van der Waals surface area contributed by atoms with Crippen LogP contribution in [0.25, 0.3) is 22.4 Å². The van der Waals surface area contributed by atoms with Gasteiger partial charge >= 0.3 is 5.97 Å². The summed E-state index contributed by atoms with van der Waals surface area (Å²) in [6.45, 7) is 0.585. The van der Waals surface area contributed by atoms with Crippen LogP contribution in [0.15, 0.2) is 66.7 Å². The Morgan fingerprint density at radius 2 is 1.90 bits per heavy atom. The summed E-state index contributed by atoms with van der Waals surface area (Å²) in [6.07, 6.45) is 0. The zero-order valence-electron chi connectivity index (χ0n) is 16.2. The van der Waals surface area contributed by atoms with E-state index in [0.29, 0.717) is 17.9 Å². The van der Waals surface area contributed by atoms with Crippen LogP contribution in [0.4, 0.5) is 5.69 Å². The number of aromatic nitrogens is 2. The van der Waals surface area contributed by atoms with Crippen LogP contribution >= 0.6 is 0 Å². The fourth-order valence-corrected chi connectivity index (χ4v) is 3.19. The summed E-state index contributed by atoms with van der Waals surface area (Å²) >= 11 is 0. The number of fused-ring (bicyclic) bond motifs is 1. The lowest BCUT2D eigenvalue weighted by atomic mass is 10.1. The predicted octanol–water partition coefficient (Wildman–Crippen LogP) is 4.64. The van der Waals surface area contributed by atoms with Gasteiger partial charge in [0.05, 0.1) is 25.3 Å². The molecule has 2 N–H and O–H groups in total. The smallest absolute Gasteiger partial charge is 0.341 e. The van der Waals surface area contributed by atoms with Gasteiger partial charge in [-0.1, -0.05) is 30.3 Å². The number of aromatic amines is 1. The van der Waals surface area contributed by atoms with Gasteiger partial charge in [0.1, 0.15) is 17.1 Å². The fourth-order valence-electron chi connectivity index (χ4n) is 3.19. The molecule has 0 bridgehead atoms. The second-order valence-electron chi connectivity index (χ2n) is 6.56. The Labute approximate surface area is 168 Å². The average molecular weight is 387 g/mol. The monoisotopic (exact) mass is 387 g/mol. The molecule has 3 aromatic carbocycles. The highest BCUT2D eigenvalue weighted by atomic mass is 16.5. The predicted molar refractivity (Wildman–Crippen MR) is 113 cm³/mol. The summed E-state index contributed by atoms with van der Waals surface area (Å²) in [4.78, 5) is 19.8. The Balaban J connectivity index is 1.52. The van der Waals surface area contributed by atoms with Crippen LogP contribution in [-0.4, -0.2) is 30.2 Å². The van der Waals surface area contributed by atoms with Gasteiger partial charge in [0.15, 0.2) is 0 Å². The van der Waals surface area contributed by atoms with Crippen molar-refractivity contribution in [3.63, 3.8) is 0 Å². The van der Waals surface area contributed by atoms with Crippen molar-refractivity contribution < 1.29 is 14.3 Å². The Hall–Kier alpha value is -3.80. The quantitative estimate of drug-likeness (QED) is 0.472. The number of carbonyl (C=O) groups is 1. The SMILES string of the molecule is COC(=O)c1ccc(CNc2cccc(-c3nc4ccccc4[nH]3)c2)cc1OC. The van der Waals surface area contributed by atoms with E-state index < -0.39 is 5.97 Å². The third kappa shape index (κ3) is 3.91. The van der Waals surface area contributed by atoms with Gasteiger partial charge < -0.3 is 19.8 Å². The maximum atomic E-state index is 11.8. The molecule has 0 saturated heterocycles. The number of esters is 1. The first-order chi connectivity index (χ1) is 14.2. The first-order valence-electron chi connectivity index (χ1n) is 9.22. The number of nitrogens with one attached hydrogen (secondary N) is 2. The average Bonchev–Trinajstić information content (AvgIpc) is 3.21. The van der Waals surface area contributed by atoms with Gasteiger partial charge in [-0.3, -0.25) is 0 Å². The molecule has 4 rings (SSSR count). The van der Waals surface area contributed by atoms with E-state index in [4.69, 9.17) is 9.47 Å². The molecule has 1 aromatic heterocycles. The second-order valence-corrected chi connectivity index (χ2v) is 6.56. The maximum Gasteiger partial charge on any atom is 0.341 e. The number of carbonyl (C=O) groups excluding carboxylic acids is 1. The van der Waals surface area contributed by atoms with Gasteiger partial charge in [0.25, 0.3) is 0 Å². The molecule has 0 fully saturated rings. The summed E-state index contributed by atoms with van der Waals surface area (Å²) < 4.78 is 10.1. The van der Waals surface area contributed by atoms with Gasteiger partial charge in [0, 0.05) is 17.8 Å². The van der Waals surface area contributed by atoms with Crippen molar-refractivity contribution in [3.05, 3.63) is 77.9 Å². The van der Waals surface area contributed by atoms with Crippen LogP contribution in [0.5, 0.6) is 5.75 Å². The largest absolute Gasteiger partial charge is 0.496 e. The van der Waals surface area contributed by atoms with E-state index in [2.05, 4.69) is 21.4 Å². The van der Waals surface area contributed by atoms with Crippen molar-refractivity contribution in [1.29, 1.82) is 0 Å². The maximum absolute atomic E-state index is 11.8. The molecular weight excluding hydrogens is 366 g/mol. The Bertz CT molecular complexity index is 1130. The number of para-hydroxylation sites is 2. The fraction of sp³-hybridized carbons (Fsp3) is 0.130. The number of rotatable bonds is 6. The highest BCUT2D eigenvalue weighted by molar-refractivity contribution is 5.92. The number of H-pyrrole nitrogens is 1. The lowest BCUT2D eigenvalue weighted by Crippen LogP contribution is -2.06. The van der Waals surface area contributed by atoms with E-state index in [9.17, 15) is 4.79 Å². The van der Waals surface area contributed by atoms with E-state index in [0.717, 1.165) is 33.7 Å². The van der Waals surface area contributed by atoms with Crippen LogP contribution in [0.1, 0.15) is 15.9 Å². The highest BCUT2D eigenvalue weighted by Gasteiger charge is 2.13. The molecule has 0 aliphatic rings. The van der Waals surface area contributed by atoms with E-state index in [1.54, 1.807) is 6.07 Å². The molecule has 0 spiro atoms. The molecule has 146 valence electrons. The number of anilines is 1. The third-order valence-electron chi connectivity index (χ3n) is 4.69. The Kier molecular flexibility index (Phi) is 5.16. The number of hydrogen-bond donors (Lipinski definition) is 2. The Morgan fingerprint density at radius 1 is 1.03 bits per heavy atom. The summed E-state index contributed by atoms with van der Waals surface area (Å²) in [5.41, 5.74) is 5.33. The Morgan fingerprint density at radius 3 is 2.69 bits per heavy atom. The van der Waals surface area contributed by atoms with Crippen molar-refractivity contribution >= 4 is 22.7 Å². The summed E-state index contributed by atoms with van der Waals surface area (Å²) in [7, 11) is 2.89. The van der Waals surface area contributed by atoms with E-state index in [-0.39, 0.29) is 0 Å². The molecule has 6 heteroatoms. The summed E-state index contributed by atoms with van der Waals surface area (Å²) in [5.74, 6) is 0.908. The number of benzene rings is 3. The molecule has 6 nitrogen and oxygen atoms in total. The van der Waals surface area contributed by atoms with E-state index in [1.165, 1.54) is 14.2 Å². The molecule has 1 heterocycles. The molecule has 0 aliphatic carbocycles. The normalized spacial score (nSPS) is 10.7. The highest BCUT2D eigenvalue weighted by Crippen LogP contribution is 2.25. The van der Waals surface area contributed by atoms with Crippen LogP contribution < -0.4 is 10.1 Å². The van der Waals surface area contributed by atoms with Crippen LogP contribution in [0.2, 0.25) is 0 Å². The molecule has 0 unspecified atom stereocenters. The van der Waals surface area contributed by atoms with Gasteiger partial charge in [-0.15, -0.1) is 0 Å². The van der Waals surface area contributed by atoms with Crippen LogP contribution in [0, 0.1) is 0 Å². The minimum atomic E-state index is -0.417. The molecule has 0 aliphatic heterocycles. The van der Waals surface area contributed by atoms with Crippen molar-refractivity contribution in [2.75, 3.05) is 19.5 Å². The zero-order chi connectivity index (χ0) is 20.2. The molecule has 29 heavy (non-hydrogen) atoms. The number of ether oxygens (including phenoxy) is 2. The number of hydrogen-bond acceptors (Lipinski definition) is 5. The second kappa shape index (κ2) is 8.06. The van der Waals surface area contributed by atoms with Gasteiger partial charge in [-0.05, 0) is 42.0 Å². The number of methoxy groups -OCH3 is 2. The summed E-state index contributed by atoms with van der Waals surface area (Å²) in [6, 6.07) is 21.5. The van der Waals surface area contributed by atoms with Gasteiger partial charge in [-0.25, -0.2) is 9.78 Å². The topological polar surface area (TPSA) is 76.2 Å². The lowest BCUT2D eigenvalue weighted by Gasteiger charge is -2.11. The minimum absolute atomic E-state index is 0.408. The summed E-state index contributed by atoms with van der Waals surface area (Å²) in [5, 5.41) is 3.41.